The lowest BCUT2D eigenvalue weighted by atomic mass is 10.1. The second-order valence-electron chi connectivity index (χ2n) is 5.05. The molecule has 2 rings (SSSR count). The average molecular weight is 281 g/mol. The lowest BCUT2D eigenvalue weighted by molar-refractivity contribution is 0.0955. The summed E-state index contributed by atoms with van der Waals surface area (Å²) in [4.78, 5) is 13.9. The summed E-state index contributed by atoms with van der Waals surface area (Å²) in [5.41, 5.74) is 6.24. The molecule has 1 N–H and O–H groups in total. The van der Waals surface area contributed by atoms with Crippen molar-refractivity contribution in [3.63, 3.8) is 0 Å². The molecule has 0 heterocycles. The molecule has 0 bridgehead atoms. The van der Waals surface area contributed by atoms with Crippen molar-refractivity contribution in [2.75, 3.05) is 19.0 Å². The van der Waals surface area contributed by atoms with E-state index >= 15 is 0 Å². The number of carbonyl (C=O) groups is 1. The Morgan fingerprint density at radius 2 is 1.86 bits per heavy atom. The van der Waals surface area contributed by atoms with Crippen molar-refractivity contribution >= 4 is 17.8 Å². The summed E-state index contributed by atoms with van der Waals surface area (Å²) in [6, 6.07) is 15.3. The van der Waals surface area contributed by atoms with Crippen LogP contribution in [0.2, 0.25) is 0 Å². The molecule has 0 aliphatic carbocycles. The molecule has 0 fully saturated rings. The number of rotatable bonds is 4. The van der Waals surface area contributed by atoms with Crippen LogP contribution in [0.15, 0.2) is 53.6 Å². The van der Waals surface area contributed by atoms with Crippen LogP contribution >= 0.6 is 0 Å². The molecule has 0 aromatic heterocycles. The molecule has 0 atom stereocenters. The highest BCUT2D eigenvalue weighted by atomic mass is 16.2. The van der Waals surface area contributed by atoms with E-state index in [0.717, 1.165) is 16.8 Å². The number of amides is 1. The van der Waals surface area contributed by atoms with Crippen molar-refractivity contribution in [3.8, 4) is 0 Å². The van der Waals surface area contributed by atoms with Gasteiger partial charge >= 0.3 is 0 Å². The molecule has 1 amide bonds. The van der Waals surface area contributed by atoms with Gasteiger partial charge in [-0.3, -0.25) is 4.79 Å². The van der Waals surface area contributed by atoms with Gasteiger partial charge in [0.1, 0.15) is 0 Å². The molecule has 2 aromatic rings. The maximum atomic E-state index is 11.9. The lowest BCUT2D eigenvalue weighted by Crippen LogP contribution is -2.17. The second kappa shape index (κ2) is 6.70. The molecule has 0 aliphatic heterocycles. The number of nitrogens with zero attached hydrogens (tertiary/aromatic N) is 2. The highest BCUT2D eigenvalue weighted by Gasteiger charge is 2.03. The molecule has 108 valence electrons. The monoisotopic (exact) mass is 281 g/mol. The summed E-state index contributed by atoms with van der Waals surface area (Å²) in [6.07, 6.45) is 1.63. The quantitative estimate of drug-likeness (QED) is 0.692. The van der Waals surface area contributed by atoms with E-state index in [2.05, 4.69) is 10.5 Å². The van der Waals surface area contributed by atoms with E-state index in [-0.39, 0.29) is 5.91 Å². The average Bonchev–Trinajstić information content (AvgIpc) is 2.47. The molecule has 4 nitrogen and oxygen atoms in total. The first kappa shape index (κ1) is 14.8. The summed E-state index contributed by atoms with van der Waals surface area (Å²) in [5.74, 6) is -0.208. The van der Waals surface area contributed by atoms with E-state index in [0.29, 0.717) is 5.56 Å². The number of hydrogen-bond acceptors (Lipinski definition) is 3. The predicted octanol–water partition coefficient (Wildman–Crippen LogP) is 2.82. The number of aryl methyl sites for hydroxylation is 1. The fourth-order valence-corrected chi connectivity index (χ4v) is 1.87. The van der Waals surface area contributed by atoms with E-state index in [1.807, 2.05) is 68.4 Å². The number of hydrazone groups is 1. The van der Waals surface area contributed by atoms with Gasteiger partial charge in [-0.25, -0.2) is 5.43 Å². The third-order valence-electron chi connectivity index (χ3n) is 3.07. The molecule has 0 spiro atoms. The van der Waals surface area contributed by atoms with Gasteiger partial charge in [0, 0.05) is 25.3 Å². The van der Waals surface area contributed by atoms with Crippen molar-refractivity contribution in [1.29, 1.82) is 0 Å². The Morgan fingerprint density at radius 1 is 1.14 bits per heavy atom. The normalized spacial score (nSPS) is 10.6. The minimum Gasteiger partial charge on any atom is -0.378 e. The molecule has 0 saturated heterocycles. The topological polar surface area (TPSA) is 44.7 Å². The van der Waals surface area contributed by atoms with Crippen LogP contribution in [0.3, 0.4) is 0 Å². The van der Waals surface area contributed by atoms with Crippen LogP contribution in [-0.4, -0.2) is 26.2 Å². The van der Waals surface area contributed by atoms with Crippen LogP contribution in [0.25, 0.3) is 0 Å². The highest BCUT2D eigenvalue weighted by molar-refractivity contribution is 5.95. The Kier molecular flexibility index (Phi) is 4.72. The van der Waals surface area contributed by atoms with E-state index in [4.69, 9.17) is 0 Å². The first-order chi connectivity index (χ1) is 10.1. The lowest BCUT2D eigenvalue weighted by Gasteiger charge is -2.11. The van der Waals surface area contributed by atoms with E-state index in [9.17, 15) is 4.79 Å². The Bertz CT molecular complexity index is 645. The Morgan fingerprint density at radius 3 is 2.48 bits per heavy atom. The van der Waals surface area contributed by atoms with Crippen LogP contribution in [0, 0.1) is 6.92 Å². The van der Waals surface area contributed by atoms with E-state index in [1.54, 1.807) is 12.3 Å². The molecule has 0 saturated carbocycles. The fraction of sp³-hybridized carbons (Fsp3) is 0.176. The first-order valence-electron chi connectivity index (χ1n) is 6.74. The third kappa shape index (κ3) is 4.18. The maximum absolute atomic E-state index is 11.9. The molecule has 0 radical (unpaired) electrons. The number of benzene rings is 2. The third-order valence-corrected chi connectivity index (χ3v) is 3.07. The minimum atomic E-state index is -0.208. The predicted molar refractivity (Wildman–Crippen MR) is 87.0 cm³/mol. The van der Waals surface area contributed by atoms with Gasteiger partial charge < -0.3 is 4.90 Å². The SMILES string of the molecule is Cc1cccc(C(=O)N/N=C/c2ccc(N(C)C)cc2)c1. The van der Waals surface area contributed by atoms with Gasteiger partial charge in [-0.15, -0.1) is 0 Å². The molecular weight excluding hydrogens is 262 g/mol. The van der Waals surface area contributed by atoms with Gasteiger partial charge in [0.15, 0.2) is 0 Å². The smallest absolute Gasteiger partial charge is 0.271 e. The number of hydrogen-bond donors (Lipinski definition) is 1. The zero-order chi connectivity index (χ0) is 15.2. The standard InChI is InChI=1S/C17H19N3O/c1-13-5-4-6-15(11-13)17(21)19-18-12-14-7-9-16(10-8-14)20(2)3/h4-12H,1-3H3,(H,19,21)/b18-12+. The zero-order valence-electron chi connectivity index (χ0n) is 12.5. The van der Waals surface area contributed by atoms with Crippen LogP contribution in [0.1, 0.15) is 21.5 Å². The number of carbonyl (C=O) groups excluding carboxylic acids is 1. The van der Waals surface area contributed by atoms with Crippen molar-refractivity contribution in [2.45, 2.75) is 6.92 Å². The van der Waals surface area contributed by atoms with Gasteiger partial charge in [-0.2, -0.15) is 5.10 Å². The summed E-state index contributed by atoms with van der Waals surface area (Å²) >= 11 is 0. The maximum Gasteiger partial charge on any atom is 0.271 e. The van der Waals surface area contributed by atoms with E-state index < -0.39 is 0 Å². The highest BCUT2D eigenvalue weighted by Crippen LogP contribution is 2.10. The van der Waals surface area contributed by atoms with Gasteiger partial charge in [0.05, 0.1) is 6.21 Å². The Balaban J connectivity index is 1.97. The second-order valence-corrected chi connectivity index (χ2v) is 5.05. The minimum absolute atomic E-state index is 0.208. The van der Waals surface area contributed by atoms with Gasteiger partial charge in [-0.05, 0) is 36.8 Å². The Labute approximate surface area is 125 Å². The van der Waals surface area contributed by atoms with Crippen molar-refractivity contribution in [1.82, 2.24) is 5.43 Å². The van der Waals surface area contributed by atoms with Gasteiger partial charge in [0.2, 0.25) is 0 Å². The number of nitrogens with one attached hydrogen (secondary N) is 1. The summed E-state index contributed by atoms with van der Waals surface area (Å²) in [5, 5.41) is 3.98. The first-order valence-corrected chi connectivity index (χ1v) is 6.74. The van der Waals surface area contributed by atoms with Crippen molar-refractivity contribution < 1.29 is 4.79 Å². The molecular formula is C17H19N3O. The Hall–Kier alpha value is -2.62. The molecule has 0 aliphatic rings. The van der Waals surface area contributed by atoms with Crippen molar-refractivity contribution in [3.05, 3.63) is 65.2 Å². The molecule has 21 heavy (non-hydrogen) atoms. The van der Waals surface area contributed by atoms with Crippen LogP contribution in [0.5, 0.6) is 0 Å². The van der Waals surface area contributed by atoms with Crippen LogP contribution < -0.4 is 10.3 Å². The summed E-state index contributed by atoms with van der Waals surface area (Å²) in [7, 11) is 3.98. The van der Waals surface area contributed by atoms with E-state index in [1.165, 1.54) is 0 Å². The van der Waals surface area contributed by atoms with Crippen LogP contribution in [-0.2, 0) is 0 Å². The summed E-state index contributed by atoms with van der Waals surface area (Å²) in [6.45, 7) is 1.95. The van der Waals surface area contributed by atoms with Gasteiger partial charge in [0.25, 0.3) is 5.91 Å². The largest absolute Gasteiger partial charge is 0.378 e. The fourth-order valence-electron chi connectivity index (χ4n) is 1.87. The van der Waals surface area contributed by atoms with Crippen molar-refractivity contribution in [2.24, 2.45) is 5.10 Å². The number of anilines is 1. The van der Waals surface area contributed by atoms with Gasteiger partial charge in [-0.1, -0.05) is 29.8 Å². The zero-order valence-corrected chi connectivity index (χ0v) is 12.5. The molecule has 4 heteroatoms. The van der Waals surface area contributed by atoms with Crippen LogP contribution in [0.4, 0.5) is 5.69 Å². The molecule has 0 unspecified atom stereocenters. The summed E-state index contributed by atoms with van der Waals surface area (Å²) < 4.78 is 0. The molecule has 2 aromatic carbocycles.